The Kier molecular flexibility index (Phi) is 25.7. The van der Waals surface area contributed by atoms with Gasteiger partial charge in [-0.15, -0.1) is 0 Å². The summed E-state index contributed by atoms with van der Waals surface area (Å²) < 4.78 is 0. The third-order valence-electron chi connectivity index (χ3n) is 7.13. The molecule has 0 aliphatic heterocycles. The van der Waals surface area contributed by atoms with Gasteiger partial charge in [0.15, 0.2) is 0 Å². The summed E-state index contributed by atoms with van der Waals surface area (Å²) in [4.78, 5) is 23.8. The Morgan fingerprint density at radius 2 is 0.941 bits per heavy atom. The molecule has 0 aliphatic rings. The molecule has 1 atom stereocenters. The van der Waals surface area contributed by atoms with Crippen LogP contribution < -0.4 is 11.1 Å². The van der Waals surface area contributed by atoms with Crippen molar-refractivity contribution in [2.24, 2.45) is 11.7 Å². The summed E-state index contributed by atoms with van der Waals surface area (Å²) in [5.74, 6) is -0.191. The first-order valence-electron chi connectivity index (χ1n) is 15.2. The van der Waals surface area contributed by atoms with Gasteiger partial charge in [0.05, 0.1) is 0 Å². The smallest absolute Gasteiger partial charge is 0.220 e. The molecule has 2 amide bonds. The third-order valence-corrected chi connectivity index (χ3v) is 7.13. The number of hydrogen-bond acceptors (Lipinski definition) is 2. The second-order valence-corrected chi connectivity index (χ2v) is 10.5. The first-order chi connectivity index (χ1) is 16.6. The monoisotopic (exact) mass is 480 g/mol. The lowest BCUT2D eigenvalue weighted by molar-refractivity contribution is -0.123. The van der Waals surface area contributed by atoms with E-state index >= 15 is 0 Å². The molecule has 0 saturated carbocycles. The van der Waals surface area contributed by atoms with Crippen molar-refractivity contribution < 1.29 is 9.59 Å². The van der Waals surface area contributed by atoms with Crippen molar-refractivity contribution >= 4 is 11.8 Å². The van der Waals surface area contributed by atoms with Crippen LogP contribution in [0, 0.1) is 5.92 Å². The van der Waals surface area contributed by atoms with Crippen LogP contribution in [0.15, 0.2) is 0 Å². The third kappa shape index (κ3) is 24.1. The first kappa shape index (κ1) is 32.9. The summed E-state index contributed by atoms with van der Waals surface area (Å²) in [5, 5.41) is 2.99. The Hall–Kier alpha value is -1.06. The molecule has 34 heavy (non-hydrogen) atoms. The van der Waals surface area contributed by atoms with Crippen molar-refractivity contribution in [3.63, 3.8) is 0 Å². The largest absolute Gasteiger partial charge is 0.369 e. The van der Waals surface area contributed by atoms with Gasteiger partial charge in [0, 0.05) is 18.9 Å². The van der Waals surface area contributed by atoms with Gasteiger partial charge in [0.2, 0.25) is 11.8 Å². The number of nitrogens with one attached hydrogen (secondary N) is 1. The summed E-state index contributed by atoms with van der Waals surface area (Å²) >= 11 is 0. The van der Waals surface area contributed by atoms with Crippen LogP contribution in [0.2, 0.25) is 0 Å². The molecule has 0 spiro atoms. The molecule has 0 heterocycles. The normalized spacial score (nSPS) is 12.1. The number of carbonyl (C=O) groups excluding carboxylic acids is 2. The highest BCUT2D eigenvalue weighted by molar-refractivity contribution is 5.77. The molecule has 0 saturated heterocycles. The van der Waals surface area contributed by atoms with Crippen LogP contribution in [0.3, 0.4) is 0 Å². The average Bonchev–Trinajstić information content (AvgIpc) is 2.82. The maximum absolute atomic E-state index is 12.1. The summed E-state index contributed by atoms with van der Waals surface area (Å²) in [6.07, 6.45) is 29.4. The molecule has 3 N–H and O–H groups in total. The molecule has 0 aromatic carbocycles. The highest BCUT2D eigenvalue weighted by Crippen LogP contribution is 2.16. The number of nitrogens with two attached hydrogens (primary N) is 1. The minimum atomic E-state index is -0.214. The molecule has 0 aliphatic carbocycles. The van der Waals surface area contributed by atoms with Crippen LogP contribution in [0.4, 0.5) is 0 Å². The molecule has 0 fully saturated rings. The number of carbonyl (C=O) groups is 2. The predicted molar refractivity (Wildman–Crippen MR) is 148 cm³/mol. The van der Waals surface area contributed by atoms with Gasteiger partial charge in [-0.1, -0.05) is 142 Å². The summed E-state index contributed by atoms with van der Waals surface area (Å²) in [6, 6.07) is 0. The number of unbranched alkanes of at least 4 members (excludes halogenated alkanes) is 19. The van der Waals surface area contributed by atoms with Gasteiger partial charge in [-0.2, -0.15) is 0 Å². The molecule has 4 heteroatoms. The Bertz CT molecular complexity index is 453. The van der Waals surface area contributed by atoms with Gasteiger partial charge in [-0.25, -0.2) is 0 Å². The lowest BCUT2D eigenvalue weighted by atomic mass is 9.96. The minimum absolute atomic E-state index is 0.100. The maximum Gasteiger partial charge on any atom is 0.220 e. The van der Waals surface area contributed by atoms with E-state index < -0.39 is 0 Å². The van der Waals surface area contributed by atoms with Crippen LogP contribution in [0.5, 0.6) is 0 Å². The van der Waals surface area contributed by atoms with E-state index in [-0.39, 0.29) is 17.7 Å². The molecular weight excluding hydrogens is 420 g/mol. The zero-order valence-electron chi connectivity index (χ0n) is 23.1. The van der Waals surface area contributed by atoms with Gasteiger partial charge in [-0.3, -0.25) is 9.59 Å². The number of primary amides is 1. The molecule has 1 unspecified atom stereocenters. The standard InChI is InChI=1S/C30H60N2O2/c1-3-5-7-9-11-13-14-15-16-17-19-21-23-25-29(33)32-27-26-28(30(31)34)24-22-20-18-12-10-8-6-4-2/h28H,3-27H2,1-2H3,(H2,31,34)(H,32,33). The molecule has 0 aromatic heterocycles. The lowest BCUT2D eigenvalue weighted by Crippen LogP contribution is -2.30. The van der Waals surface area contributed by atoms with Gasteiger partial charge in [0.25, 0.3) is 0 Å². The summed E-state index contributed by atoms with van der Waals surface area (Å²) in [6.45, 7) is 5.08. The fourth-order valence-electron chi connectivity index (χ4n) is 4.73. The van der Waals surface area contributed by atoms with Crippen molar-refractivity contribution in [2.75, 3.05) is 6.54 Å². The van der Waals surface area contributed by atoms with Crippen LogP contribution in [-0.4, -0.2) is 18.4 Å². The molecule has 0 rings (SSSR count). The zero-order valence-corrected chi connectivity index (χ0v) is 23.1. The van der Waals surface area contributed by atoms with E-state index in [1.807, 2.05) is 0 Å². The molecule has 0 radical (unpaired) electrons. The van der Waals surface area contributed by atoms with E-state index in [1.54, 1.807) is 0 Å². The zero-order chi connectivity index (χ0) is 25.1. The van der Waals surface area contributed by atoms with E-state index in [9.17, 15) is 9.59 Å². The van der Waals surface area contributed by atoms with Crippen molar-refractivity contribution in [3.05, 3.63) is 0 Å². The SMILES string of the molecule is CCCCCCCCCCCCCCCC(=O)NCCC(CCCCCCCCCC)C(N)=O. The molecule has 0 bridgehead atoms. The Balaban J connectivity index is 3.52. The fourth-order valence-corrected chi connectivity index (χ4v) is 4.73. The first-order valence-corrected chi connectivity index (χ1v) is 15.2. The quantitative estimate of drug-likeness (QED) is 0.115. The van der Waals surface area contributed by atoms with E-state index in [1.165, 1.54) is 116 Å². The van der Waals surface area contributed by atoms with E-state index in [2.05, 4.69) is 19.2 Å². The Morgan fingerprint density at radius 3 is 1.35 bits per heavy atom. The van der Waals surface area contributed by atoms with Gasteiger partial charge in [-0.05, 0) is 19.3 Å². The second kappa shape index (κ2) is 26.5. The average molecular weight is 481 g/mol. The fraction of sp³-hybridized carbons (Fsp3) is 0.933. The molecule has 202 valence electrons. The van der Waals surface area contributed by atoms with Crippen LogP contribution in [0.25, 0.3) is 0 Å². The number of rotatable bonds is 27. The maximum atomic E-state index is 12.1. The lowest BCUT2D eigenvalue weighted by Gasteiger charge is -2.14. The van der Waals surface area contributed by atoms with E-state index in [0.29, 0.717) is 19.4 Å². The molecular formula is C30H60N2O2. The van der Waals surface area contributed by atoms with Crippen molar-refractivity contribution in [3.8, 4) is 0 Å². The summed E-state index contributed by atoms with van der Waals surface area (Å²) in [7, 11) is 0. The molecule has 4 nitrogen and oxygen atoms in total. The van der Waals surface area contributed by atoms with Gasteiger partial charge >= 0.3 is 0 Å². The minimum Gasteiger partial charge on any atom is -0.369 e. The van der Waals surface area contributed by atoms with Crippen LogP contribution >= 0.6 is 0 Å². The summed E-state index contributed by atoms with van der Waals surface area (Å²) in [5.41, 5.74) is 5.59. The van der Waals surface area contributed by atoms with Gasteiger partial charge < -0.3 is 11.1 Å². The van der Waals surface area contributed by atoms with Gasteiger partial charge in [0.1, 0.15) is 0 Å². The number of amides is 2. The Labute approximate surface area is 213 Å². The van der Waals surface area contributed by atoms with Crippen molar-refractivity contribution in [1.29, 1.82) is 0 Å². The highest BCUT2D eigenvalue weighted by atomic mass is 16.2. The van der Waals surface area contributed by atoms with E-state index in [0.717, 1.165) is 25.7 Å². The second-order valence-electron chi connectivity index (χ2n) is 10.5. The van der Waals surface area contributed by atoms with E-state index in [4.69, 9.17) is 5.73 Å². The van der Waals surface area contributed by atoms with Crippen LogP contribution in [-0.2, 0) is 9.59 Å². The molecule has 0 aromatic rings. The Morgan fingerprint density at radius 1 is 0.559 bits per heavy atom. The van der Waals surface area contributed by atoms with Crippen LogP contribution in [0.1, 0.15) is 168 Å². The highest BCUT2D eigenvalue weighted by Gasteiger charge is 2.15. The topological polar surface area (TPSA) is 72.2 Å². The van der Waals surface area contributed by atoms with Crippen molar-refractivity contribution in [2.45, 2.75) is 168 Å². The number of hydrogen-bond donors (Lipinski definition) is 2. The predicted octanol–water partition coefficient (Wildman–Crippen LogP) is 8.61. The van der Waals surface area contributed by atoms with Crippen molar-refractivity contribution in [1.82, 2.24) is 5.32 Å².